The highest BCUT2D eigenvalue weighted by atomic mass is 79.9. The van der Waals surface area contributed by atoms with Crippen molar-refractivity contribution in [2.75, 3.05) is 0 Å². The Bertz CT molecular complexity index is 604. The van der Waals surface area contributed by atoms with Crippen LogP contribution in [0.25, 0.3) is 0 Å². The van der Waals surface area contributed by atoms with E-state index in [9.17, 15) is 13.9 Å². The topological polar surface area (TPSA) is 20.2 Å². The van der Waals surface area contributed by atoms with Gasteiger partial charge in [0.05, 0.1) is 11.1 Å². The third-order valence-corrected chi connectivity index (χ3v) is 3.55. The number of rotatable bonds is 3. The summed E-state index contributed by atoms with van der Waals surface area (Å²) in [6.07, 6.45) is -1.18. The molecule has 0 spiro atoms. The highest BCUT2D eigenvalue weighted by molar-refractivity contribution is 9.10. The van der Waals surface area contributed by atoms with Crippen LogP contribution in [-0.2, 0) is 6.42 Å². The maximum absolute atomic E-state index is 13.7. The Kier molecular flexibility index (Phi) is 4.55. The van der Waals surface area contributed by atoms with E-state index in [1.165, 1.54) is 30.3 Å². The fourth-order valence-corrected chi connectivity index (χ4v) is 2.37. The van der Waals surface area contributed by atoms with Gasteiger partial charge in [-0.15, -0.1) is 0 Å². The van der Waals surface area contributed by atoms with Crippen molar-refractivity contribution in [1.29, 1.82) is 0 Å². The molecular weight excluding hydrogens is 338 g/mol. The summed E-state index contributed by atoms with van der Waals surface area (Å²) < 4.78 is 28.0. The summed E-state index contributed by atoms with van der Waals surface area (Å²) in [6.45, 7) is 0. The van der Waals surface area contributed by atoms with E-state index in [2.05, 4.69) is 15.9 Å². The fourth-order valence-electron chi connectivity index (χ4n) is 1.79. The molecule has 0 aliphatic heterocycles. The van der Waals surface area contributed by atoms with Crippen molar-refractivity contribution in [3.8, 4) is 0 Å². The van der Waals surface area contributed by atoms with Gasteiger partial charge in [-0.3, -0.25) is 0 Å². The van der Waals surface area contributed by atoms with Gasteiger partial charge in [-0.2, -0.15) is 0 Å². The van der Waals surface area contributed by atoms with Gasteiger partial charge in [0.2, 0.25) is 0 Å². The van der Waals surface area contributed by atoms with E-state index in [1.54, 1.807) is 6.07 Å². The summed E-state index contributed by atoms with van der Waals surface area (Å²) in [4.78, 5) is 0. The Labute approximate surface area is 123 Å². The first-order chi connectivity index (χ1) is 8.99. The lowest BCUT2D eigenvalue weighted by atomic mass is 10.0. The molecule has 2 aromatic carbocycles. The van der Waals surface area contributed by atoms with Crippen molar-refractivity contribution in [1.82, 2.24) is 0 Å². The van der Waals surface area contributed by atoms with Crippen LogP contribution in [0.2, 0.25) is 5.02 Å². The van der Waals surface area contributed by atoms with Crippen molar-refractivity contribution in [3.05, 3.63) is 68.7 Å². The maximum atomic E-state index is 13.7. The summed E-state index contributed by atoms with van der Waals surface area (Å²) >= 11 is 8.86. The Morgan fingerprint density at radius 1 is 1.21 bits per heavy atom. The minimum Gasteiger partial charge on any atom is -0.388 e. The zero-order valence-electron chi connectivity index (χ0n) is 9.71. The van der Waals surface area contributed by atoms with Crippen molar-refractivity contribution >= 4 is 27.5 Å². The second-order valence-corrected chi connectivity index (χ2v) is 5.42. The summed E-state index contributed by atoms with van der Waals surface area (Å²) in [5.41, 5.74) is 0.369. The quantitative estimate of drug-likeness (QED) is 0.856. The second-order valence-electron chi connectivity index (χ2n) is 4.10. The molecule has 0 aromatic heterocycles. The molecule has 19 heavy (non-hydrogen) atoms. The molecule has 0 saturated heterocycles. The normalized spacial score (nSPS) is 12.5. The van der Waals surface area contributed by atoms with Crippen LogP contribution in [0.1, 0.15) is 17.2 Å². The van der Waals surface area contributed by atoms with Crippen molar-refractivity contribution in [3.63, 3.8) is 0 Å². The molecule has 2 aromatic rings. The maximum Gasteiger partial charge on any atom is 0.145 e. The van der Waals surface area contributed by atoms with Crippen LogP contribution >= 0.6 is 27.5 Å². The Morgan fingerprint density at radius 3 is 2.68 bits per heavy atom. The van der Waals surface area contributed by atoms with E-state index in [1.807, 2.05) is 0 Å². The van der Waals surface area contributed by atoms with Gasteiger partial charge in [-0.05, 0) is 29.8 Å². The number of hydrogen-bond donors (Lipinski definition) is 1. The summed E-state index contributed by atoms with van der Waals surface area (Å²) in [7, 11) is 0. The lowest BCUT2D eigenvalue weighted by Gasteiger charge is -2.13. The second kappa shape index (κ2) is 5.99. The van der Waals surface area contributed by atoms with Crippen LogP contribution in [0, 0.1) is 11.6 Å². The van der Waals surface area contributed by atoms with Crippen LogP contribution in [-0.4, -0.2) is 5.11 Å². The van der Waals surface area contributed by atoms with E-state index in [0.717, 1.165) is 0 Å². The molecule has 2 rings (SSSR count). The molecule has 0 radical (unpaired) electrons. The molecule has 5 heteroatoms. The predicted molar refractivity (Wildman–Crippen MR) is 74.2 cm³/mol. The van der Waals surface area contributed by atoms with E-state index in [4.69, 9.17) is 11.6 Å². The van der Waals surface area contributed by atoms with E-state index in [0.29, 0.717) is 4.47 Å². The van der Waals surface area contributed by atoms with Gasteiger partial charge in [0.15, 0.2) is 0 Å². The molecule has 1 nitrogen and oxygen atoms in total. The molecule has 0 fully saturated rings. The first kappa shape index (κ1) is 14.4. The van der Waals surface area contributed by atoms with Crippen molar-refractivity contribution in [2.45, 2.75) is 12.5 Å². The summed E-state index contributed by atoms with van der Waals surface area (Å²) in [6, 6.07) is 8.78. The monoisotopic (exact) mass is 346 g/mol. The average Bonchev–Trinajstić information content (AvgIpc) is 2.38. The molecule has 0 heterocycles. The minimum absolute atomic E-state index is 0.0144. The molecule has 0 aliphatic carbocycles. The first-order valence-electron chi connectivity index (χ1n) is 5.55. The van der Waals surface area contributed by atoms with Crippen LogP contribution < -0.4 is 0 Å². The average molecular weight is 348 g/mol. The van der Waals surface area contributed by atoms with Crippen LogP contribution in [0.5, 0.6) is 0 Å². The van der Waals surface area contributed by atoms with Crippen molar-refractivity contribution < 1.29 is 13.9 Å². The smallest absolute Gasteiger partial charge is 0.145 e. The Balaban J connectivity index is 2.28. The highest BCUT2D eigenvalue weighted by Gasteiger charge is 2.16. The lowest BCUT2D eigenvalue weighted by molar-refractivity contribution is 0.172. The van der Waals surface area contributed by atoms with Gasteiger partial charge in [-0.25, -0.2) is 8.78 Å². The summed E-state index contributed by atoms with van der Waals surface area (Å²) in [5.74, 6) is -1.11. The number of halogens is 4. The first-order valence-corrected chi connectivity index (χ1v) is 6.72. The standard InChI is InChI=1S/C14H10BrClF2O/c15-9-4-5-12(17)10(7-9)13(19)6-8-2-1-3-11(16)14(8)18/h1-5,7,13,19H,6H2. The van der Waals surface area contributed by atoms with Gasteiger partial charge in [0.25, 0.3) is 0 Å². The Morgan fingerprint density at radius 2 is 1.95 bits per heavy atom. The Hall–Kier alpha value is -0.970. The van der Waals surface area contributed by atoms with E-state index >= 15 is 0 Å². The number of hydrogen-bond acceptors (Lipinski definition) is 1. The van der Waals surface area contributed by atoms with Gasteiger partial charge < -0.3 is 5.11 Å². The fraction of sp³-hybridized carbons (Fsp3) is 0.143. The number of aliphatic hydroxyl groups excluding tert-OH is 1. The highest BCUT2D eigenvalue weighted by Crippen LogP contribution is 2.27. The number of benzene rings is 2. The van der Waals surface area contributed by atoms with Gasteiger partial charge in [0.1, 0.15) is 11.6 Å². The van der Waals surface area contributed by atoms with Crippen LogP contribution in [0.15, 0.2) is 40.9 Å². The van der Waals surface area contributed by atoms with Crippen LogP contribution in [0.3, 0.4) is 0 Å². The molecule has 1 unspecified atom stereocenters. The molecule has 0 saturated carbocycles. The summed E-state index contributed by atoms with van der Waals surface area (Å²) in [5, 5.41) is 10.0. The zero-order valence-corrected chi connectivity index (χ0v) is 12.0. The lowest BCUT2D eigenvalue weighted by Crippen LogP contribution is -2.06. The van der Waals surface area contributed by atoms with E-state index in [-0.39, 0.29) is 22.6 Å². The SMILES string of the molecule is OC(Cc1cccc(Cl)c1F)c1cc(Br)ccc1F. The van der Waals surface area contributed by atoms with E-state index < -0.39 is 17.7 Å². The third kappa shape index (κ3) is 3.32. The molecule has 0 bridgehead atoms. The molecule has 0 amide bonds. The molecule has 1 N–H and O–H groups in total. The largest absolute Gasteiger partial charge is 0.388 e. The van der Waals surface area contributed by atoms with Crippen LogP contribution in [0.4, 0.5) is 8.78 Å². The van der Waals surface area contributed by atoms with Gasteiger partial charge >= 0.3 is 0 Å². The zero-order chi connectivity index (χ0) is 14.0. The molecule has 0 aliphatic rings. The number of aliphatic hydroxyl groups is 1. The molecule has 1 atom stereocenters. The van der Waals surface area contributed by atoms with Gasteiger partial charge in [-0.1, -0.05) is 39.7 Å². The predicted octanol–water partition coefficient (Wildman–Crippen LogP) is 4.66. The molecular formula is C14H10BrClF2O. The van der Waals surface area contributed by atoms with Crippen molar-refractivity contribution in [2.24, 2.45) is 0 Å². The molecule has 100 valence electrons. The third-order valence-electron chi connectivity index (χ3n) is 2.76. The minimum atomic E-state index is -1.13. The van der Waals surface area contributed by atoms with Gasteiger partial charge in [0, 0.05) is 16.5 Å².